The molecule has 4 nitrogen and oxygen atoms in total. The van der Waals surface area contributed by atoms with Crippen molar-refractivity contribution in [2.45, 2.75) is 12.8 Å². The van der Waals surface area contributed by atoms with E-state index >= 15 is 0 Å². The number of H-pyrrole nitrogens is 1. The largest absolute Gasteiger partial charge is 0.329 e. The molecule has 0 amide bonds. The van der Waals surface area contributed by atoms with Crippen molar-refractivity contribution in [3.05, 3.63) is 75.3 Å². The molecule has 2 aromatic carbocycles. The molecule has 1 aromatic heterocycles. The van der Waals surface area contributed by atoms with E-state index in [1.165, 1.54) is 24.3 Å². The molecule has 3 rings (SSSR count). The second kappa shape index (κ2) is 5.89. The van der Waals surface area contributed by atoms with Crippen molar-refractivity contribution in [1.82, 2.24) is 9.97 Å². The van der Waals surface area contributed by atoms with Crippen LogP contribution in [0.1, 0.15) is 22.9 Å². The Labute approximate surface area is 131 Å². The average Bonchev–Trinajstić information content (AvgIpc) is 2.51. The molecule has 0 unspecified atom stereocenters. The fourth-order valence-electron chi connectivity index (χ4n) is 2.68. The molecule has 1 heterocycles. The number of halogens is 2. The molecule has 0 saturated carbocycles. The maximum atomic E-state index is 14.1. The van der Waals surface area contributed by atoms with E-state index in [2.05, 4.69) is 9.97 Å². The molecule has 3 N–H and O–H groups in total. The van der Waals surface area contributed by atoms with Gasteiger partial charge in [0.1, 0.15) is 23.0 Å². The van der Waals surface area contributed by atoms with Gasteiger partial charge < -0.3 is 10.7 Å². The minimum Gasteiger partial charge on any atom is -0.329 e. The van der Waals surface area contributed by atoms with Gasteiger partial charge in [0.15, 0.2) is 0 Å². The normalized spacial score (nSPS) is 12.5. The van der Waals surface area contributed by atoms with Gasteiger partial charge in [-0.3, -0.25) is 4.79 Å². The van der Waals surface area contributed by atoms with E-state index in [1.54, 1.807) is 19.1 Å². The molecule has 118 valence electrons. The summed E-state index contributed by atoms with van der Waals surface area (Å²) in [6, 6.07) is 8.69. The first-order valence-corrected chi connectivity index (χ1v) is 7.16. The lowest BCUT2D eigenvalue weighted by molar-refractivity contribution is 0.620. The molecule has 23 heavy (non-hydrogen) atoms. The monoisotopic (exact) mass is 315 g/mol. The zero-order valence-corrected chi connectivity index (χ0v) is 12.4. The van der Waals surface area contributed by atoms with E-state index in [-0.39, 0.29) is 23.3 Å². The van der Waals surface area contributed by atoms with Gasteiger partial charge in [0, 0.05) is 6.54 Å². The predicted octanol–water partition coefficient (Wildman–Crippen LogP) is 2.60. The van der Waals surface area contributed by atoms with Crippen molar-refractivity contribution >= 4 is 10.9 Å². The molecular formula is C17H15F2N3O. The lowest BCUT2D eigenvalue weighted by Crippen LogP contribution is -2.22. The number of nitrogens with zero attached hydrogens (tertiary/aromatic N) is 1. The molecule has 1 atom stereocenters. The van der Waals surface area contributed by atoms with Crippen LogP contribution in [0.3, 0.4) is 0 Å². The second-order valence-corrected chi connectivity index (χ2v) is 5.38. The number of aromatic nitrogens is 2. The number of hydrogen-bond donors (Lipinski definition) is 2. The summed E-state index contributed by atoms with van der Waals surface area (Å²) in [4.78, 5) is 19.2. The van der Waals surface area contributed by atoms with Gasteiger partial charge in [-0.05, 0) is 36.2 Å². The van der Waals surface area contributed by atoms with Gasteiger partial charge >= 0.3 is 0 Å². The molecular weight excluding hydrogens is 300 g/mol. The first-order chi connectivity index (χ1) is 11.0. The van der Waals surface area contributed by atoms with Crippen LogP contribution in [-0.4, -0.2) is 16.5 Å². The van der Waals surface area contributed by atoms with Crippen LogP contribution in [0.4, 0.5) is 8.78 Å². The lowest BCUT2D eigenvalue weighted by Gasteiger charge is -2.15. The van der Waals surface area contributed by atoms with Crippen LogP contribution in [0, 0.1) is 18.6 Å². The summed E-state index contributed by atoms with van der Waals surface area (Å²) in [7, 11) is 0. The van der Waals surface area contributed by atoms with Gasteiger partial charge in [-0.1, -0.05) is 18.2 Å². The predicted molar refractivity (Wildman–Crippen MR) is 84.4 cm³/mol. The molecule has 0 aliphatic heterocycles. The van der Waals surface area contributed by atoms with Crippen molar-refractivity contribution in [2.75, 3.05) is 6.54 Å². The zero-order valence-electron chi connectivity index (χ0n) is 12.4. The summed E-state index contributed by atoms with van der Waals surface area (Å²) in [5.74, 6) is -1.29. The Bertz CT molecular complexity index is 937. The molecule has 0 aliphatic rings. The van der Waals surface area contributed by atoms with E-state index < -0.39 is 23.1 Å². The molecule has 0 aliphatic carbocycles. The van der Waals surface area contributed by atoms with Gasteiger partial charge in [0.25, 0.3) is 5.56 Å². The number of aromatic amines is 1. The summed E-state index contributed by atoms with van der Waals surface area (Å²) in [6.45, 7) is 1.82. The maximum Gasteiger partial charge on any atom is 0.259 e. The SMILES string of the molecule is Cc1ccc(F)c2nc([C@@H](CN)c3cccc(F)c3)[nH]c(=O)c12. The summed E-state index contributed by atoms with van der Waals surface area (Å²) in [5, 5.41) is 0.212. The van der Waals surface area contributed by atoms with Crippen molar-refractivity contribution in [1.29, 1.82) is 0 Å². The van der Waals surface area contributed by atoms with E-state index in [9.17, 15) is 13.6 Å². The number of nitrogens with one attached hydrogen (secondary N) is 1. The van der Waals surface area contributed by atoms with Crippen LogP contribution in [0.25, 0.3) is 10.9 Å². The van der Waals surface area contributed by atoms with Crippen LogP contribution in [0.2, 0.25) is 0 Å². The summed E-state index contributed by atoms with van der Waals surface area (Å²) in [5.41, 5.74) is 6.54. The Morgan fingerprint density at radius 1 is 1.26 bits per heavy atom. The van der Waals surface area contributed by atoms with Crippen molar-refractivity contribution in [2.24, 2.45) is 5.73 Å². The van der Waals surface area contributed by atoms with Crippen LogP contribution >= 0.6 is 0 Å². The Kier molecular flexibility index (Phi) is 3.92. The first-order valence-electron chi connectivity index (χ1n) is 7.16. The third-order valence-corrected chi connectivity index (χ3v) is 3.85. The fourth-order valence-corrected chi connectivity index (χ4v) is 2.68. The highest BCUT2D eigenvalue weighted by Crippen LogP contribution is 2.23. The fraction of sp³-hybridized carbons (Fsp3) is 0.176. The van der Waals surface area contributed by atoms with Gasteiger partial charge in [0.2, 0.25) is 0 Å². The highest BCUT2D eigenvalue weighted by atomic mass is 19.1. The van der Waals surface area contributed by atoms with E-state index in [0.717, 1.165) is 0 Å². The van der Waals surface area contributed by atoms with Gasteiger partial charge in [-0.15, -0.1) is 0 Å². The minimum absolute atomic E-state index is 0.00129. The van der Waals surface area contributed by atoms with E-state index in [0.29, 0.717) is 11.1 Å². The Balaban J connectivity index is 2.23. The van der Waals surface area contributed by atoms with Crippen LogP contribution in [0.5, 0.6) is 0 Å². The Hall–Kier alpha value is -2.60. The van der Waals surface area contributed by atoms with Gasteiger partial charge in [0.05, 0.1) is 11.3 Å². The third-order valence-electron chi connectivity index (χ3n) is 3.85. The molecule has 0 fully saturated rings. The topological polar surface area (TPSA) is 71.8 Å². The number of hydrogen-bond acceptors (Lipinski definition) is 3. The quantitative estimate of drug-likeness (QED) is 0.780. The van der Waals surface area contributed by atoms with E-state index in [1.807, 2.05) is 0 Å². The number of nitrogens with two attached hydrogens (primary N) is 1. The molecule has 0 saturated heterocycles. The van der Waals surface area contributed by atoms with Crippen LogP contribution in [-0.2, 0) is 0 Å². The van der Waals surface area contributed by atoms with E-state index in [4.69, 9.17) is 5.73 Å². The molecule has 0 radical (unpaired) electrons. The summed E-state index contributed by atoms with van der Waals surface area (Å²) < 4.78 is 27.5. The molecule has 0 bridgehead atoms. The highest BCUT2D eigenvalue weighted by Gasteiger charge is 2.19. The molecule has 3 aromatic rings. The average molecular weight is 315 g/mol. The highest BCUT2D eigenvalue weighted by molar-refractivity contribution is 5.81. The zero-order chi connectivity index (χ0) is 16.6. The maximum absolute atomic E-state index is 14.1. The standard InChI is InChI=1S/C17H15F2N3O/c1-9-5-6-13(19)15-14(9)17(23)22-16(21-15)12(8-20)10-3-2-4-11(18)7-10/h2-7,12H,8,20H2,1H3,(H,21,22,23)/t12-/m0/s1. The number of aryl methyl sites for hydroxylation is 1. The smallest absolute Gasteiger partial charge is 0.259 e. The van der Waals surface area contributed by atoms with Gasteiger partial charge in [-0.2, -0.15) is 0 Å². The summed E-state index contributed by atoms with van der Waals surface area (Å²) in [6.07, 6.45) is 0. The van der Waals surface area contributed by atoms with Gasteiger partial charge in [-0.25, -0.2) is 13.8 Å². The van der Waals surface area contributed by atoms with Crippen LogP contribution < -0.4 is 11.3 Å². The third kappa shape index (κ3) is 2.73. The van der Waals surface area contributed by atoms with Crippen molar-refractivity contribution < 1.29 is 8.78 Å². The van der Waals surface area contributed by atoms with Crippen molar-refractivity contribution in [3.63, 3.8) is 0 Å². The minimum atomic E-state index is -0.576. The molecule has 6 heteroatoms. The number of benzene rings is 2. The Morgan fingerprint density at radius 2 is 2.04 bits per heavy atom. The van der Waals surface area contributed by atoms with Crippen molar-refractivity contribution in [3.8, 4) is 0 Å². The van der Waals surface area contributed by atoms with Crippen LogP contribution in [0.15, 0.2) is 41.2 Å². The summed E-state index contributed by atoms with van der Waals surface area (Å²) >= 11 is 0. The second-order valence-electron chi connectivity index (χ2n) is 5.38. The lowest BCUT2D eigenvalue weighted by atomic mass is 9.98. The molecule has 0 spiro atoms. The first kappa shape index (κ1) is 15.3. The number of rotatable bonds is 3. The Morgan fingerprint density at radius 3 is 2.74 bits per heavy atom. The number of fused-ring (bicyclic) bond motifs is 1.